The Kier molecular flexibility index (Phi) is 6.07. The molecule has 0 atom stereocenters. The molecular formula is C15H24N2O3S. The Hall–Kier alpha value is -1.24. The molecule has 0 spiro atoms. The summed E-state index contributed by atoms with van der Waals surface area (Å²) in [7, 11) is -3.70. The van der Waals surface area contributed by atoms with Crippen molar-refractivity contribution < 1.29 is 13.2 Å². The Labute approximate surface area is 127 Å². The number of carbonyl (C=O) groups excluding carboxylic acids is 1. The lowest BCUT2D eigenvalue weighted by Gasteiger charge is -2.31. The zero-order chi connectivity index (χ0) is 16.1. The summed E-state index contributed by atoms with van der Waals surface area (Å²) in [5, 5.41) is 0. The quantitative estimate of drug-likeness (QED) is 0.719. The molecule has 0 saturated carbocycles. The first-order chi connectivity index (χ1) is 9.84. The van der Waals surface area contributed by atoms with E-state index in [9.17, 15) is 13.2 Å². The predicted octanol–water partition coefficient (Wildman–Crippen LogP) is 2.08. The van der Waals surface area contributed by atoms with Crippen LogP contribution in [0, 0.1) is 0 Å². The number of ketones is 1. The molecule has 0 aliphatic carbocycles. The van der Waals surface area contributed by atoms with E-state index < -0.39 is 15.6 Å². The van der Waals surface area contributed by atoms with Crippen LogP contribution in [0.25, 0.3) is 0 Å². The summed E-state index contributed by atoms with van der Waals surface area (Å²) in [4.78, 5) is 11.8. The van der Waals surface area contributed by atoms with E-state index >= 15 is 0 Å². The molecule has 3 N–H and O–H groups in total. The number of nitrogens with one attached hydrogen (secondary N) is 1. The third-order valence-electron chi connectivity index (χ3n) is 3.88. The average Bonchev–Trinajstić information content (AvgIpc) is 2.52. The van der Waals surface area contributed by atoms with Crippen LogP contribution in [0.3, 0.4) is 0 Å². The second-order valence-electron chi connectivity index (χ2n) is 5.10. The van der Waals surface area contributed by atoms with Gasteiger partial charge in [-0.15, -0.1) is 0 Å². The Morgan fingerprint density at radius 3 is 2.33 bits per heavy atom. The van der Waals surface area contributed by atoms with Crippen LogP contribution < -0.4 is 10.5 Å². The van der Waals surface area contributed by atoms with E-state index in [1.807, 2.05) is 13.8 Å². The van der Waals surface area contributed by atoms with Crippen LogP contribution in [-0.4, -0.2) is 26.3 Å². The number of carbonyl (C=O) groups is 1. The summed E-state index contributed by atoms with van der Waals surface area (Å²) >= 11 is 0. The fraction of sp³-hybridized carbons (Fsp3) is 0.533. The van der Waals surface area contributed by atoms with Crippen LogP contribution in [0.2, 0.25) is 0 Å². The maximum Gasteiger partial charge on any atom is 0.241 e. The molecule has 118 valence electrons. The van der Waals surface area contributed by atoms with Crippen LogP contribution in [0.15, 0.2) is 29.2 Å². The highest BCUT2D eigenvalue weighted by Crippen LogP contribution is 2.19. The van der Waals surface area contributed by atoms with Crippen molar-refractivity contribution in [2.75, 3.05) is 6.54 Å². The van der Waals surface area contributed by atoms with E-state index in [1.54, 1.807) is 19.1 Å². The van der Waals surface area contributed by atoms with E-state index in [-0.39, 0.29) is 17.2 Å². The second kappa shape index (κ2) is 7.15. The van der Waals surface area contributed by atoms with Crippen molar-refractivity contribution in [2.45, 2.75) is 50.5 Å². The third kappa shape index (κ3) is 4.12. The molecule has 6 heteroatoms. The zero-order valence-electron chi connectivity index (χ0n) is 12.8. The molecule has 0 aromatic heterocycles. The molecule has 0 fully saturated rings. The number of hydrogen-bond acceptors (Lipinski definition) is 4. The molecule has 0 unspecified atom stereocenters. The third-order valence-corrected chi connectivity index (χ3v) is 5.46. The largest absolute Gasteiger partial charge is 0.329 e. The normalized spacial score (nSPS) is 12.4. The number of nitrogens with two attached hydrogens (primary N) is 1. The van der Waals surface area contributed by atoms with Gasteiger partial charge in [-0.05, 0) is 25.0 Å². The van der Waals surface area contributed by atoms with Gasteiger partial charge in [0.25, 0.3) is 0 Å². The molecule has 1 aromatic carbocycles. The van der Waals surface area contributed by atoms with Crippen molar-refractivity contribution in [1.29, 1.82) is 0 Å². The average molecular weight is 312 g/mol. The topological polar surface area (TPSA) is 89.3 Å². The molecule has 1 aromatic rings. The van der Waals surface area contributed by atoms with Crippen LogP contribution in [0.1, 0.15) is 50.4 Å². The Morgan fingerprint density at radius 1 is 1.24 bits per heavy atom. The summed E-state index contributed by atoms with van der Waals surface area (Å²) in [6.45, 7) is 5.77. The summed E-state index contributed by atoms with van der Waals surface area (Å²) in [6, 6.07) is 6.11. The van der Waals surface area contributed by atoms with Crippen LogP contribution in [0.5, 0.6) is 0 Å². The number of sulfonamides is 1. The minimum Gasteiger partial charge on any atom is -0.329 e. The van der Waals surface area contributed by atoms with E-state index in [4.69, 9.17) is 5.73 Å². The fourth-order valence-corrected chi connectivity index (χ4v) is 3.71. The van der Waals surface area contributed by atoms with E-state index in [0.29, 0.717) is 24.8 Å². The first-order valence-corrected chi connectivity index (χ1v) is 8.69. The summed E-state index contributed by atoms with van der Waals surface area (Å²) in [5.41, 5.74) is 5.49. The van der Waals surface area contributed by atoms with Crippen molar-refractivity contribution in [1.82, 2.24) is 4.72 Å². The van der Waals surface area contributed by atoms with Gasteiger partial charge >= 0.3 is 0 Å². The second-order valence-corrected chi connectivity index (χ2v) is 6.78. The molecule has 5 nitrogen and oxygen atoms in total. The lowest BCUT2D eigenvalue weighted by Crippen LogP contribution is -2.52. The minimum absolute atomic E-state index is 0.0804. The minimum atomic E-state index is -3.70. The van der Waals surface area contributed by atoms with E-state index in [2.05, 4.69) is 4.72 Å². The zero-order valence-corrected chi connectivity index (χ0v) is 13.7. The molecule has 0 heterocycles. The van der Waals surface area contributed by atoms with Crippen LogP contribution in [-0.2, 0) is 10.0 Å². The molecule has 0 saturated heterocycles. The molecule has 0 amide bonds. The number of benzene rings is 1. The van der Waals surface area contributed by atoms with Crippen molar-refractivity contribution in [3.63, 3.8) is 0 Å². The van der Waals surface area contributed by atoms with Crippen molar-refractivity contribution >= 4 is 15.8 Å². The Balaban J connectivity index is 3.16. The van der Waals surface area contributed by atoms with Gasteiger partial charge in [0.15, 0.2) is 5.78 Å². The maximum atomic E-state index is 12.5. The summed E-state index contributed by atoms with van der Waals surface area (Å²) < 4.78 is 27.7. The van der Waals surface area contributed by atoms with Crippen molar-refractivity contribution in [3.8, 4) is 0 Å². The molecular weight excluding hydrogens is 288 g/mol. The molecule has 0 radical (unpaired) electrons. The summed E-state index contributed by atoms with van der Waals surface area (Å²) in [5.74, 6) is -0.0804. The highest BCUT2D eigenvalue weighted by molar-refractivity contribution is 7.89. The highest BCUT2D eigenvalue weighted by Gasteiger charge is 2.30. The van der Waals surface area contributed by atoms with E-state index in [0.717, 1.165) is 0 Å². The van der Waals surface area contributed by atoms with Gasteiger partial charge in [-0.25, -0.2) is 13.1 Å². The van der Waals surface area contributed by atoms with Crippen LogP contribution in [0.4, 0.5) is 0 Å². The maximum absolute atomic E-state index is 12.5. The first-order valence-electron chi connectivity index (χ1n) is 7.21. The van der Waals surface area contributed by atoms with Gasteiger partial charge in [0.2, 0.25) is 10.0 Å². The highest BCUT2D eigenvalue weighted by atomic mass is 32.2. The van der Waals surface area contributed by atoms with Gasteiger partial charge in [-0.3, -0.25) is 4.79 Å². The predicted molar refractivity (Wildman–Crippen MR) is 83.8 cm³/mol. The van der Waals surface area contributed by atoms with Gasteiger partial charge in [0, 0.05) is 24.1 Å². The standard InChI is InChI=1S/C15H24N2O3S/c1-4-14(18)12-8-7-9-13(10-12)21(19,20)17-15(5-2,6-3)11-16/h7-10,17H,4-6,11,16H2,1-3H3. The van der Waals surface area contributed by atoms with Gasteiger partial charge in [0.05, 0.1) is 4.90 Å². The van der Waals surface area contributed by atoms with Gasteiger partial charge < -0.3 is 5.73 Å². The van der Waals surface area contributed by atoms with Crippen molar-refractivity contribution in [2.24, 2.45) is 5.73 Å². The molecule has 0 aliphatic rings. The molecule has 1 rings (SSSR count). The summed E-state index contributed by atoms with van der Waals surface area (Å²) in [6.07, 6.45) is 1.55. The molecule has 0 aliphatic heterocycles. The monoisotopic (exact) mass is 312 g/mol. The van der Waals surface area contributed by atoms with Gasteiger partial charge in [-0.2, -0.15) is 0 Å². The fourth-order valence-electron chi connectivity index (χ4n) is 2.11. The van der Waals surface area contributed by atoms with Gasteiger partial charge in [-0.1, -0.05) is 32.9 Å². The lowest BCUT2D eigenvalue weighted by atomic mass is 9.95. The lowest BCUT2D eigenvalue weighted by molar-refractivity contribution is 0.0988. The Morgan fingerprint density at radius 2 is 1.86 bits per heavy atom. The first kappa shape index (κ1) is 17.8. The number of Topliss-reactive ketones (excluding diaryl/α,β-unsaturated/α-hetero) is 1. The smallest absolute Gasteiger partial charge is 0.241 e. The number of hydrogen-bond donors (Lipinski definition) is 2. The van der Waals surface area contributed by atoms with E-state index in [1.165, 1.54) is 12.1 Å². The van der Waals surface area contributed by atoms with Gasteiger partial charge in [0.1, 0.15) is 0 Å². The number of rotatable bonds is 8. The van der Waals surface area contributed by atoms with Crippen molar-refractivity contribution in [3.05, 3.63) is 29.8 Å². The van der Waals surface area contributed by atoms with Crippen LogP contribution >= 0.6 is 0 Å². The SMILES string of the molecule is CCC(=O)c1cccc(S(=O)(=O)NC(CC)(CC)CN)c1. The molecule has 21 heavy (non-hydrogen) atoms. The molecule has 0 bridgehead atoms. The Bertz CT molecular complexity index is 584.